The molecule has 1 aromatic carbocycles. The van der Waals surface area contributed by atoms with E-state index in [1.165, 1.54) is 31.2 Å². The Labute approximate surface area is 127 Å². The predicted molar refractivity (Wildman–Crippen MR) is 83.2 cm³/mol. The van der Waals surface area contributed by atoms with Crippen LogP contribution >= 0.6 is 0 Å². The molecule has 0 bridgehead atoms. The van der Waals surface area contributed by atoms with Crippen molar-refractivity contribution in [2.45, 2.75) is 45.1 Å². The van der Waals surface area contributed by atoms with Crippen molar-refractivity contribution >= 4 is 0 Å². The second-order valence-corrected chi connectivity index (χ2v) is 6.42. The summed E-state index contributed by atoms with van der Waals surface area (Å²) < 4.78 is 11.5. The van der Waals surface area contributed by atoms with Crippen LogP contribution in [0, 0.1) is 11.8 Å². The van der Waals surface area contributed by atoms with E-state index >= 15 is 0 Å². The van der Waals surface area contributed by atoms with E-state index < -0.39 is 0 Å². The van der Waals surface area contributed by atoms with E-state index in [0.717, 1.165) is 37.1 Å². The van der Waals surface area contributed by atoms with Crippen LogP contribution in [0.25, 0.3) is 0 Å². The number of rotatable bonds is 3. The van der Waals surface area contributed by atoms with Gasteiger partial charge >= 0.3 is 0 Å². The lowest BCUT2D eigenvalue weighted by molar-refractivity contribution is 0.232. The topological polar surface area (TPSA) is 56.5 Å². The first-order valence-corrected chi connectivity index (χ1v) is 8.13. The molecule has 4 nitrogen and oxygen atoms in total. The minimum Gasteiger partial charge on any atom is -0.490 e. The molecule has 1 aromatic rings. The van der Waals surface area contributed by atoms with E-state index in [1.807, 2.05) is 6.07 Å². The molecule has 0 radical (unpaired) electrons. The van der Waals surface area contributed by atoms with Crippen LogP contribution in [-0.2, 0) is 0 Å². The second kappa shape index (κ2) is 6.67. The molecule has 3 N–H and O–H groups in total. The molecule has 2 aliphatic rings. The molecule has 1 atom stereocenters. The Morgan fingerprint density at radius 3 is 2.52 bits per heavy atom. The maximum atomic E-state index is 5.86. The van der Waals surface area contributed by atoms with Crippen LogP contribution in [0.1, 0.15) is 50.6 Å². The number of fused-ring (bicyclic) bond motifs is 1. The van der Waals surface area contributed by atoms with Crippen molar-refractivity contribution in [2.75, 3.05) is 13.2 Å². The number of hydrazine groups is 1. The van der Waals surface area contributed by atoms with Crippen molar-refractivity contribution in [1.82, 2.24) is 5.43 Å². The van der Waals surface area contributed by atoms with Crippen LogP contribution in [0.4, 0.5) is 0 Å². The molecule has 1 aliphatic heterocycles. The first-order valence-electron chi connectivity index (χ1n) is 8.13. The highest BCUT2D eigenvalue weighted by Gasteiger charge is 2.27. The van der Waals surface area contributed by atoms with Gasteiger partial charge < -0.3 is 9.47 Å². The maximum Gasteiger partial charge on any atom is 0.161 e. The van der Waals surface area contributed by atoms with Crippen molar-refractivity contribution in [2.24, 2.45) is 17.7 Å². The average molecular weight is 290 g/mol. The molecule has 0 saturated heterocycles. The Kier molecular flexibility index (Phi) is 4.66. The zero-order chi connectivity index (χ0) is 14.7. The van der Waals surface area contributed by atoms with Gasteiger partial charge in [0.1, 0.15) is 0 Å². The monoisotopic (exact) mass is 290 g/mol. The van der Waals surface area contributed by atoms with E-state index in [0.29, 0.717) is 5.92 Å². The fraction of sp³-hybridized carbons (Fsp3) is 0.647. The SMILES string of the molecule is CC1CCC(C(NN)c2ccc3c(c2)OCCCO3)CC1. The van der Waals surface area contributed by atoms with Crippen LogP contribution in [0.3, 0.4) is 0 Å². The summed E-state index contributed by atoms with van der Waals surface area (Å²) in [5.41, 5.74) is 4.24. The van der Waals surface area contributed by atoms with Crippen LogP contribution in [0.2, 0.25) is 0 Å². The highest BCUT2D eigenvalue weighted by Crippen LogP contribution is 2.39. The number of nitrogens with two attached hydrogens (primary N) is 1. The Morgan fingerprint density at radius 1 is 1.10 bits per heavy atom. The van der Waals surface area contributed by atoms with Gasteiger partial charge in [0.05, 0.1) is 13.2 Å². The number of ether oxygens (including phenoxy) is 2. The highest BCUT2D eigenvalue weighted by atomic mass is 16.5. The first-order chi connectivity index (χ1) is 10.3. The Morgan fingerprint density at radius 2 is 1.81 bits per heavy atom. The number of nitrogens with one attached hydrogen (secondary N) is 1. The number of hydrogen-bond donors (Lipinski definition) is 2. The van der Waals surface area contributed by atoms with Crippen LogP contribution in [-0.4, -0.2) is 13.2 Å². The largest absolute Gasteiger partial charge is 0.490 e. The first kappa shape index (κ1) is 14.7. The number of hydrogen-bond acceptors (Lipinski definition) is 4. The molecule has 1 heterocycles. The third-order valence-electron chi connectivity index (χ3n) is 4.84. The molecule has 4 heteroatoms. The lowest BCUT2D eigenvalue weighted by atomic mass is 9.77. The van der Waals surface area contributed by atoms with Gasteiger partial charge in [-0.05, 0) is 42.4 Å². The van der Waals surface area contributed by atoms with E-state index in [-0.39, 0.29) is 6.04 Å². The fourth-order valence-electron chi connectivity index (χ4n) is 3.50. The molecule has 0 aromatic heterocycles. The molecule has 0 amide bonds. The van der Waals surface area contributed by atoms with E-state index in [1.54, 1.807) is 0 Å². The third kappa shape index (κ3) is 3.33. The van der Waals surface area contributed by atoms with Crippen molar-refractivity contribution in [3.63, 3.8) is 0 Å². The summed E-state index contributed by atoms with van der Waals surface area (Å²) in [6.45, 7) is 3.79. The Hall–Kier alpha value is -1.26. The lowest BCUT2D eigenvalue weighted by Gasteiger charge is -2.32. The Balaban J connectivity index is 1.79. The van der Waals surface area contributed by atoms with Gasteiger partial charge in [0.15, 0.2) is 11.5 Å². The summed E-state index contributed by atoms with van der Waals surface area (Å²) >= 11 is 0. The van der Waals surface area contributed by atoms with E-state index in [2.05, 4.69) is 24.5 Å². The van der Waals surface area contributed by atoms with Gasteiger partial charge in [-0.25, -0.2) is 0 Å². The molecule has 0 spiro atoms. The van der Waals surface area contributed by atoms with Crippen molar-refractivity contribution < 1.29 is 9.47 Å². The number of benzene rings is 1. The van der Waals surface area contributed by atoms with Crippen molar-refractivity contribution in [3.05, 3.63) is 23.8 Å². The van der Waals surface area contributed by atoms with Gasteiger partial charge in [0.2, 0.25) is 0 Å². The van der Waals surface area contributed by atoms with Gasteiger partial charge in [-0.1, -0.05) is 25.8 Å². The minimum atomic E-state index is 0.203. The van der Waals surface area contributed by atoms with Crippen LogP contribution < -0.4 is 20.7 Å². The zero-order valence-electron chi connectivity index (χ0n) is 12.8. The molecule has 116 valence electrons. The van der Waals surface area contributed by atoms with Gasteiger partial charge in [-0.3, -0.25) is 11.3 Å². The normalized spacial score (nSPS) is 27.0. The van der Waals surface area contributed by atoms with Gasteiger partial charge in [0, 0.05) is 12.5 Å². The van der Waals surface area contributed by atoms with Crippen LogP contribution in [0.5, 0.6) is 11.5 Å². The Bertz CT molecular complexity index is 470. The summed E-state index contributed by atoms with van der Waals surface area (Å²) in [6, 6.07) is 6.44. The standard InChI is InChI=1S/C17H26N2O2/c1-12-3-5-13(6-4-12)17(19-18)14-7-8-15-16(11-14)21-10-2-9-20-15/h7-8,11-13,17,19H,2-6,9-10,18H2,1H3. The van der Waals surface area contributed by atoms with E-state index in [4.69, 9.17) is 15.3 Å². The molecular formula is C17H26N2O2. The summed E-state index contributed by atoms with van der Waals surface area (Å²) in [7, 11) is 0. The minimum absolute atomic E-state index is 0.203. The molecule has 1 saturated carbocycles. The highest BCUT2D eigenvalue weighted by molar-refractivity contribution is 5.44. The molecule has 1 fully saturated rings. The second-order valence-electron chi connectivity index (χ2n) is 6.42. The fourth-order valence-corrected chi connectivity index (χ4v) is 3.50. The van der Waals surface area contributed by atoms with Crippen molar-refractivity contribution in [3.8, 4) is 11.5 Å². The summed E-state index contributed by atoms with van der Waals surface area (Å²) in [6.07, 6.45) is 6.01. The molecule has 1 unspecified atom stereocenters. The molecular weight excluding hydrogens is 264 g/mol. The molecule has 21 heavy (non-hydrogen) atoms. The quantitative estimate of drug-likeness (QED) is 0.663. The third-order valence-corrected chi connectivity index (χ3v) is 4.84. The zero-order valence-corrected chi connectivity index (χ0v) is 12.8. The summed E-state index contributed by atoms with van der Waals surface area (Å²) in [5, 5.41) is 0. The average Bonchev–Trinajstić information content (AvgIpc) is 2.75. The van der Waals surface area contributed by atoms with Gasteiger partial charge in [0.25, 0.3) is 0 Å². The molecule has 3 rings (SSSR count). The van der Waals surface area contributed by atoms with Crippen LogP contribution in [0.15, 0.2) is 18.2 Å². The summed E-state index contributed by atoms with van der Waals surface area (Å²) in [4.78, 5) is 0. The maximum absolute atomic E-state index is 5.86. The molecule has 1 aliphatic carbocycles. The predicted octanol–water partition coefficient (Wildman–Crippen LogP) is 3.18. The van der Waals surface area contributed by atoms with Gasteiger partial charge in [-0.2, -0.15) is 0 Å². The van der Waals surface area contributed by atoms with E-state index in [9.17, 15) is 0 Å². The smallest absolute Gasteiger partial charge is 0.161 e. The lowest BCUT2D eigenvalue weighted by Crippen LogP contribution is -2.35. The van der Waals surface area contributed by atoms with Gasteiger partial charge in [-0.15, -0.1) is 0 Å². The summed E-state index contributed by atoms with van der Waals surface area (Å²) in [5.74, 6) is 9.02. The van der Waals surface area contributed by atoms with Crippen molar-refractivity contribution in [1.29, 1.82) is 0 Å².